The highest BCUT2D eigenvalue weighted by Gasteiger charge is 2.25. The van der Waals surface area contributed by atoms with Crippen LogP contribution in [0.4, 0.5) is 8.78 Å². The molecule has 8 heteroatoms. The third-order valence-corrected chi connectivity index (χ3v) is 6.15. The number of hydrogen-bond acceptors (Lipinski definition) is 5. The SMILES string of the molecule is C[C@@H]1CCc2c(sc3nc([C@@H](C)OC(=O)c4ccc(F)cc4F)[nH]c(=O)c23)C1. The number of esters is 1. The Hall–Kier alpha value is -2.61. The van der Waals surface area contributed by atoms with Crippen molar-refractivity contribution in [1.29, 1.82) is 0 Å². The number of halogens is 2. The van der Waals surface area contributed by atoms with Gasteiger partial charge in [-0.15, -0.1) is 11.3 Å². The van der Waals surface area contributed by atoms with Crippen molar-refractivity contribution in [1.82, 2.24) is 9.97 Å². The summed E-state index contributed by atoms with van der Waals surface area (Å²) < 4.78 is 32.0. The number of hydrogen-bond donors (Lipinski definition) is 1. The molecular formula is C20H18F2N2O3S. The first kappa shape index (κ1) is 18.7. The summed E-state index contributed by atoms with van der Waals surface area (Å²) in [5.41, 5.74) is 0.427. The van der Waals surface area contributed by atoms with Gasteiger partial charge in [-0.25, -0.2) is 18.6 Å². The number of nitrogens with zero attached hydrogens (tertiary/aromatic N) is 1. The Labute approximate surface area is 163 Å². The fourth-order valence-electron chi connectivity index (χ4n) is 3.49. The summed E-state index contributed by atoms with van der Waals surface area (Å²) in [5.74, 6) is -1.97. The maximum Gasteiger partial charge on any atom is 0.341 e. The number of fused-ring (bicyclic) bond motifs is 3. The smallest absolute Gasteiger partial charge is 0.341 e. The first-order chi connectivity index (χ1) is 13.3. The lowest BCUT2D eigenvalue weighted by atomic mass is 9.89. The number of H-pyrrole nitrogens is 1. The van der Waals surface area contributed by atoms with E-state index in [4.69, 9.17) is 4.74 Å². The number of aromatic nitrogens is 2. The molecule has 0 amide bonds. The highest BCUT2D eigenvalue weighted by atomic mass is 32.1. The lowest BCUT2D eigenvalue weighted by Gasteiger charge is -2.17. The lowest BCUT2D eigenvalue weighted by molar-refractivity contribution is 0.0314. The maximum atomic E-state index is 13.8. The number of aryl methyl sites for hydroxylation is 1. The summed E-state index contributed by atoms with van der Waals surface area (Å²) in [4.78, 5) is 33.8. The molecule has 2 atom stereocenters. The number of aromatic amines is 1. The van der Waals surface area contributed by atoms with Crippen molar-refractivity contribution in [3.63, 3.8) is 0 Å². The minimum atomic E-state index is -1.01. The standard InChI is InChI=1S/C20H18F2N2O3S/c1-9-3-5-13-15(7-9)28-19-16(13)18(25)23-17(24-19)10(2)27-20(26)12-6-4-11(21)8-14(12)22/h4,6,8-10H,3,5,7H2,1-2H3,(H,23,24,25)/t9-,10-/m1/s1. The molecule has 28 heavy (non-hydrogen) atoms. The topological polar surface area (TPSA) is 72.0 Å². The predicted molar refractivity (Wildman–Crippen MR) is 102 cm³/mol. The van der Waals surface area contributed by atoms with Crippen LogP contribution in [-0.4, -0.2) is 15.9 Å². The van der Waals surface area contributed by atoms with Crippen LogP contribution in [0.2, 0.25) is 0 Å². The van der Waals surface area contributed by atoms with E-state index in [0.717, 1.165) is 37.0 Å². The molecule has 5 nitrogen and oxygen atoms in total. The average molecular weight is 404 g/mol. The van der Waals surface area contributed by atoms with Crippen LogP contribution in [0.15, 0.2) is 23.0 Å². The van der Waals surface area contributed by atoms with Gasteiger partial charge in [0.1, 0.15) is 16.5 Å². The maximum absolute atomic E-state index is 13.8. The van der Waals surface area contributed by atoms with Crippen LogP contribution in [0.3, 0.4) is 0 Å². The molecule has 0 bridgehead atoms. The third kappa shape index (κ3) is 3.32. The molecule has 0 spiro atoms. The van der Waals surface area contributed by atoms with E-state index in [1.165, 1.54) is 16.2 Å². The van der Waals surface area contributed by atoms with Crippen LogP contribution in [-0.2, 0) is 17.6 Å². The van der Waals surface area contributed by atoms with Crippen LogP contribution >= 0.6 is 11.3 Å². The van der Waals surface area contributed by atoms with Gasteiger partial charge in [0.2, 0.25) is 0 Å². The second-order valence-corrected chi connectivity index (χ2v) is 8.24. The minimum absolute atomic E-state index is 0.194. The molecule has 2 heterocycles. The minimum Gasteiger partial charge on any atom is -0.451 e. The van der Waals surface area contributed by atoms with E-state index in [-0.39, 0.29) is 16.9 Å². The van der Waals surface area contributed by atoms with E-state index in [9.17, 15) is 18.4 Å². The molecule has 3 aromatic rings. The number of benzene rings is 1. The third-order valence-electron chi connectivity index (χ3n) is 5.00. The lowest BCUT2D eigenvalue weighted by Crippen LogP contribution is -2.18. The largest absolute Gasteiger partial charge is 0.451 e. The van der Waals surface area contributed by atoms with Gasteiger partial charge in [-0.3, -0.25) is 4.79 Å². The highest BCUT2D eigenvalue weighted by Crippen LogP contribution is 2.36. The van der Waals surface area contributed by atoms with E-state index in [2.05, 4.69) is 16.9 Å². The Morgan fingerprint density at radius 2 is 2.18 bits per heavy atom. The summed E-state index contributed by atoms with van der Waals surface area (Å²) in [6.45, 7) is 3.73. The second-order valence-electron chi connectivity index (χ2n) is 7.15. The van der Waals surface area contributed by atoms with Gasteiger partial charge in [0.15, 0.2) is 11.9 Å². The van der Waals surface area contributed by atoms with Gasteiger partial charge in [0.25, 0.3) is 5.56 Å². The van der Waals surface area contributed by atoms with Crippen molar-refractivity contribution in [2.75, 3.05) is 0 Å². The fourth-order valence-corrected chi connectivity index (χ4v) is 4.88. The van der Waals surface area contributed by atoms with E-state index in [1.807, 2.05) is 0 Å². The monoisotopic (exact) mass is 404 g/mol. The first-order valence-corrected chi connectivity index (χ1v) is 9.85. The van der Waals surface area contributed by atoms with Gasteiger partial charge in [-0.05, 0) is 49.8 Å². The van der Waals surface area contributed by atoms with Crippen LogP contribution in [0.25, 0.3) is 10.2 Å². The zero-order valence-electron chi connectivity index (χ0n) is 15.3. The van der Waals surface area contributed by atoms with Gasteiger partial charge < -0.3 is 9.72 Å². The summed E-state index contributed by atoms with van der Waals surface area (Å²) in [7, 11) is 0. The van der Waals surface area contributed by atoms with Crippen molar-refractivity contribution in [3.05, 3.63) is 62.0 Å². The van der Waals surface area contributed by atoms with Crippen molar-refractivity contribution >= 4 is 27.5 Å². The Bertz CT molecular complexity index is 1140. The molecule has 0 saturated heterocycles. The molecule has 1 aliphatic carbocycles. The van der Waals surface area contributed by atoms with E-state index >= 15 is 0 Å². The fraction of sp³-hybridized carbons (Fsp3) is 0.350. The Kier molecular flexibility index (Phi) is 4.74. The molecule has 146 valence electrons. The van der Waals surface area contributed by atoms with E-state index in [1.54, 1.807) is 6.92 Å². The molecule has 4 rings (SSSR count). The summed E-state index contributed by atoms with van der Waals surface area (Å²) >= 11 is 1.50. The number of carbonyl (C=O) groups excluding carboxylic acids is 1. The number of nitrogens with one attached hydrogen (secondary N) is 1. The summed E-state index contributed by atoms with van der Waals surface area (Å²) in [5, 5.41) is 0.610. The summed E-state index contributed by atoms with van der Waals surface area (Å²) in [6, 6.07) is 2.62. The van der Waals surface area contributed by atoms with Crippen LogP contribution in [0.1, 0.15) is 53.0 Å². The molecule has 0 radical (unpaired) electrons. The Morgan fingerprint density at radius 3 is 2.93 bits per heavy atom. The first-order valence-electron chi connectivity index (χ1n) is 9.04. The average Bonchev–Trinajstić information content (AvgIpc) is 2.99. The van der Waals surface area contributed by atoms with Crippen molar-refractivity contribution in [3.8, 4) is 0 Å². The van der Waals surface area contributed by atoms with Gasteiger partial charge >= 0.3 is 5.97 Å². The van der Waals surface area contributed by atoms with Crippen LogP contribution < -0.4 is 5.56 Å². The molecule has 1 aliphatic rings. The molecule has 0 aliphatic heterocycles. The molecule has 0 saturated carbocycles. The van der Waals surface area contributed by atoms with Crippen molar-refractivity contribution in [2.24, 2.45) is 5.92 Å². The van der Waals surface area contributed by atoms with Crippen molar-refractivity contribution < 1.29 is 18.3 Å². The molecule has 0 unspecified atom stereocenters. The molecule has 1 aromatic carbocycles. The zero-order valence-corrected chi connectivity index (χ0v) is 16.2. The molecule has 0 fully saturated rings. The number of thiophene rings is 1. The number of carbonyl (C=O) groups is 1. The van der Waals surface area contributed by atoms with E-state index < -0.39 is 23.7 Å². The van der Waals surface area contributed by atoms with E-state index in [0.29, 0.717) is 22.2 Å². The highest BCUT2D eigenvalue weighted by molar-refractivity contribution is 7.18. The predicted octanol–water partition coefficient (Wildman–Crippen LogP) is 4.31. The second kappa shape index (κ2) is 7.09. The van der Waals surface area contributed by atoms with Crippen LogP contribution in [0.5, 0.6) is 0 Å². The normalized spacial score (nSPS) is 17.4. The Balaban J connectivity index is 1.63. The molecule has 1 N–H and O–H groups in total. The van der Waals surface area contributed by atoms with Crippen molar-refractivity contribution in [2.45, 2.75) is 39.2 Å². The summed E-state index contributed by atoms with van der Waals surface area (Å²) in [6.07, 6.45) is 1.93. The number of rotatable bonds is 3. The van der Waals surface area contributed by atoms with Gasteiger partial charge in [-0.1, -0.05) is 6.92 Å². The molecule has 2 aromatic heterocycles. The van der Waals surface area contributed by atoms with Crippen LogP contribution in [0, 0.1) is 17.6 Å². The Morgan fingerprint density at radius 1 is 1.39 bits per heavy atom. The number of ether oxygens (including phenoxy) is 1. The van der Waals surface area contributed by atoms with Gasteiger partial charge in [0.05, 0.1) is 10.9 Å². The quantitative estimate of drug-likeness (QED) is 0.661. The van der Waals surface area contributed by atoms with Gasteiger partial charge in [-0.2, -0.15) is 0 Å². The zero-order chi connectivity index (χ0) is 20.0. The molecular weight excluding hydrogens is 386 g/mol. The van der Waals surface area contributed by atoms with Gasteiger partial charge in [0, 0.05) is 10.9 Å².